The Hall–Kier alpha value is -2.04. The molecule has 20 heavy (non-hydrogen) atoms. The highest BCUT2D eigenvalue weighted by Crippen LogP contribution is 2.20. The van der Waals surface area contributed by atoms with Gasteiger partial charge in [-0.25, -0.2) is 4.79 Å². The van der Waals surface area contributed by atoms with Crippen molar-refractivity contribution >= 4 is 11.9 Å². The van der Waals surface area contributed by atoms with Crippen LogP contribution in [0.15, 0.2) is 24.3 Å². The summed E-state index contributed by atoms with van der Waals surface area (Å²) >= 11 is 0. The number of piperidine rings is 1. The van der Waals surface area contributed by atoms with Gasteiger partial charge >= 0.3 is 5.97 Å². The molecule has 108 valence electrons. The van der Waals surface area contributed by atoms with Crippen LogP contribution in [-0.4, -0.2) is 41.6 Å². The maximum atomic E-state index is 12.3. The lowest BCUT2D eigenvalue weighted by molar-refractivity contribution is -0.151. The number of nitrogens with zero attached hydrogens (tertiary/aromatic N) is 1. The molecule has 0 unspecified atom stereocenters. The summed E-state index contributed by atoms with van der Waals surface area (Å²) in [7, 11) is 1.58. The first kappa shape index (κ1) is 14.4. The Balaban J connectivity index is 2.07. The number of ether oxygens (including phenoxy) is 1. The molecule has 1 amide bonds. The SMILES string of the molecule is COc1cccc(CC(=O)N2CCCC[C@@H]2C(=O)O)c1. The molecule has 1 saturated heterocycles. The van der Waals surface area contributed by atoms with Crippen molar-refractivity contribution in [2.24, 2.45) is 0 Å². The number of aliphatic carboxylic acids is 1. The predicted octanol–water partition coefficient (Wildman–Crippen LogP) is 1.70. The predicted molar refractivity (Wildman–Crippen MR) is 73.7 cm³/mol. The Labute approximate surface area is 118 Å². The molecule has 1 aromatic carbocycles. The van der Waals surface area contributed by atoms with Crippen molar-refractivity contribution in [2.75, 3.05) is 13.7 Å². The van der Waals surface area contributed by atoms with E-state index in [1.54, 1.807) is 13.2 Å². The molecule has 0 radical (unpaired) electrons. The van der Waals surface area contributed by atoms with Crippen molar-refractivity contribution in [1.82, 2.24) is 4.90 Å². The van der Waals surface area contributed by atoms with Crippen LogP contribution in [0.3, 0.4) is 0 Å². The zero-order chi connectivity index (χ0) is 14.5. The molecule has 1 fully saturated rings. The number of carboxylic acid groups (broad SMARTS) is 1. The molecule has 0 spiro atoms. The third-order valence-corrected chi connectivity index (χ3v) is 3.60. The summed E-state index contributed by atoms with van der Waals surface area (Å²) in [6, 6.07) is 6.61. The molecule has 1 N–H and O–H groups in total. The lowest BCUT2D eigenvalue weighted by Crippen LogP contribution is -2.48. The monoisotopic (exact) mass is 277 g/mol. The lowest BCUT2D eigenvalue weighted by atomic mass is 10.0. The van der Waals surface area contributed by atoms with Crippen LogP contribution in [0.25, 0.3) is 0 Å². The first-order valence-electron chi connectivity index (χ1n) is 6.77. The summed E-state index contributed by atoms with van der Waals surface area (Å²) in [5.41, 5.74) is 0.837. The molecular weight excluding hydrogens is 258 g/mol. The third-order valence-electron chi connectivity index (χ3n) is 3.60. The minimum Gasteiger partial charge on any atom is -0.497 e. The lowest BCUT2D eigenvalue weighted by Gasteiger charge is -2.33. The van der Waals surface area contributed by atoms with Crippen molar-refractivity contribution in [1.29, 1.82) is 0 Å². The highest BCUT2D eigenvalue weighted by molar-refractivity contribution is 5.85. The van der Waals surface area contributed by atoms with Crippen molar-refractivity contribution < 1.29 is 19.4 Å². The second kappa shape index (κ2) is 6.41. The largest absolute Gasteiger partial charge is 0.497 e. The van der Waals surface area contributed by atoms with Gasteiger partial charge in [0.1, 0.15) is 11.8 Å². The summed E-state index contributed by atoms with van der Waals surface area (Å²) in [4.78, 5) is 25.0. The topological polar surface area (TPSA) is 66.8 Å². The van der Waals surface area contributed by atoms with Gasteiger partial charge in [-0.1, -0.05) is 12.1 Å². The fourth-order valence-corrected chi connectivity index (χ4v) is 2.55. The van der Waals surface area contributed by atoms with Crippen LogP contribution in [0.1, 0.15) is 24.8 Å². The molecule has 2 rings (SSSR count). The fourth-order valence-electron chi connectivity index (χ4n) is 2.55. The maximum Gasteiger partial charge on any atom is 0.326 e. The molecule has 0 aromatic heterocycles. The average Bonchev–Trinajstić information content (AvgIpc) is 2.47. The average molecular weight is 277 g/mol. The van der Waals surface area contributed by atoms with E-state index in [1.807, 2.05) is 18.2 Å². The van der Waals surface area contributed by atoms with Gasteiger partial charge in [-0.2, -0.15) is 0 Å². The Morgan fingerprint density at radius 2 is 2.20 bits per heavy atom. The van der Waals surface area contributed by atoms with Gasteiger partial charge in [-0.15, -0.1) is 0 Å². The van der Waals surface area contributed by atoms with E-state index in [0.29, 0.717) is 18.7 Å². The standard InChI is InChI=1S/C15H19NO4/c1-20-12-6-4-5-11(9-12)10-14(17)16-8-3-2-7-13(16)15(18)19/h4-6,9,13H,2-3,7-8,10H2,1H3,(H,18,19)/t13-/m1/s1. The minimum atomic E-state index is -0.913. The highest BCUT2D eigenvalue weighted by atomic mass is 16.5. The van der Waals surface area contributed by atoms with Crippen molar-refractivity contribution in [3.05, 3.63) is 29.8 Å². The minimum absolute atomic E-state index is 0.134. The van der Waals surface area contributed by atoms with E-state index in [9.17, 15) is 14.7 Å². The summed E-state index contributed by atoms with van der Waals surface area (Å²) < 4.78 is 5.12. The molecule has 5 nitrogen and oxygen atoms in total. The zero-order valence-electron chi connectivity index (χ0n) is 11.5. The molecule has 1 heterocycles. The van der Waals surface area contributed by atoms with E-state index in [-0.39, 0.29) is 12.3 Å². The van der Waals surface area contributed by atoms with Crippen LogP contribution in [0.2, 0.25) is 0 Å². The molecule has 1 atom stereocenters. The van der Waals surface area contributed by atoms with Gasteiger partial charge < -0.3 is 14.7 Å². The number of methoxy groups -OCH3 is 1. The van der Waals surface area contributed by atoms with Crippen LogP contribution >= 0.6 is 0 Å². The van der Waals surface area contributed by atoms with E-state index in [0.717, 1.165) is 18.4 Å². The zero-order valence-corrected chi connectivity index (χ0v) is 11.5. The van der Waals surface area contributed by atoms with Crippen molar-refractivity contribution in [3.8, 4) is 5.75 Å². The van der Waals surface area contributed by atoms with Gasteiger partial charge in [0.15, 0.2) is 0 Å². The van der Waals surface area contributed by atoms with Crippen molar-refractivity contribution in [3.63, 3.8) is 0 Å². The van der Waals surface area contributed by atoms with Gasteiger partial charge in [0.2, 0.25) is 5.91 Å². The number of carbonyl (C=O) groups excluding carboxylic acids is 1. The molecule has 0 saturated carbocycles. The summed E-state index contributed by atoms with van der Waals surface area (Å²) in [5, 5.41) is 9.19. The molecule has 5 heteroatoms. The van der Waals surface area contributed by atoms with E-state index in [2.05, 4.69) is 0 Å². The number of likely N-dealkylation sites (tertiary alicyclic amines) is 1. The Kier molecular flexibility index (Phi) is 4.61. The number of carboxylic acids is 1. The normalized spacial score (nSPS) is 18.6. The molecule has 1 aromatic rings. The van der Waals surface area contributed by atoms with Crippen LogP contribution in [0, 0.1) is 0 Å². The second-order valence-corrected chi connectivity index (χ2v) is 4.97. The Morgan fingerprint density at radius 3 is 2.90 bits per heavy atom. The van der Waals surface area contributed by atoms with E-state index >= 15 is 0 Å². The summed E-state index contributed by atoms with van der Waals surface area (Å²) in [6.07, 6.45) is 2.48. The smallest absolute Gasteiger partial charge is 0.326 e. The summed E-state index contributed by atoms with van der Waals surface area (Å²) in [6.45, 7) is 0.528. The van der Waals surface area contributed by atoms with E-state index in [4.69, 9.17) is 4.74 Å². The summed E-state index contributed by atoms with van der Waals surface area (Å²) in [5.74, 6) is -0.349. The first-order valence-corrected chi connectivity index (χ1v) is 6.77. The number of rotatable bonds is 4. The number of amides is 1. The molecule has 1 aliphatic heterocycles. The number of carbonyl (C=O) groups is 2. The van der Waals surface area contributed by atoms with Gasteiger partial charge in [-0.05, 0) is 37.0 Å². The number of hydrogen-bond acceptors (Lipinski definition) is 3. The molecule has 0 bridgehead atoms. The highest BCUT2D eigenvalue weighted by Gasteiger charge is 2.31. The van der Waals surface area contributed by atoms with Crippen LogP contribution in [0.4, 0.5) is 0 Å². The Morgan fingerprint density at radius 1 is 1.40 bits per heavy atom. The van der Waals surface area contributed by atoms with E-state index < -0.39 is 12.0 Å². The van der Waals surface area contributed by atoms with Gasteiger partial charge in [-0.3, -0.25) is 4.79 Å². The van der Waals surface area contributed by atoms with Crippen molar-refractivity contribution in [2.45, 2.75) is 31.7 Å². The van der Waals surface area contributed by atoms with Crippen LogP contribution < -0.4 is 4.74 Å². The second-order valence-electron chi connectivity index (χ2n) is 4.97. The van der Waals surface area contributed by atoms with Gasteiger partial charge in [0, 0.05) is 6.54 Å². The van der Waals surface area contributed by atoms with Gasteiger partial charge in [0.05, 0.1) is 13.5 Å². The molecular formula is C15H19NO4. The molecule has 1 aliphatic rings. The maximum absolute atomic E-state index is 12.3. The van der Waals surface area contributed by atoms with Gasteiger partial charge in [0.25, 0.3) is 0 Å². The number of benzene rings is 1. The van der Waals surface area contributed by atoms with Crippen LogP contribution in [0.5, 0.6) is 5.75 Å². The number of hydrogen-bond donors (Lipinski definition) is 1. The first-order chi connectivity index (χ1) is 9.61. The molecule has 0 aliphatic carbocycles. The fraction of sp³-hybridized carbons (Fsp3) is 0.467. The quantitative estimate of drug-likeness (QED) is 0.909. The third kappa shape index (κ3) is 3.29. The van der Waals surface area contributed by atoms with Crippen LogP contribution in [-0.2, 0) is 16.0 Å². The Bertz CT molecular complexity index is 500. The van der Waals surface area contributed by atoms with E-state index in [1.165, 1.54) is 4.90 Å².